The van der Waals surface area contributed by atoms with Crippen LogP contribution in [0.1, 0.15) is 12.8 Å². The Morgan fingerprint density at radius 2 is 2.10 bits per heavy atom. The Kier molecular flexibility index (Phi) is 4.64. The number of nitro benzene ring substituents is 1. The Hall–Kier alpha value is -1.86. The molecular formula is C14H21N3O4. The molecule has 0 saturated carbocycles. The second-order valence-corrected chi connectivity index (χ2v) is 5.44. The summed E-state index contributed by atoms with van der Waals surface area (Å²) in [6.07, 6.45) is 1.15. The molecule has 0 amide bonds. The predicted molar refractivity (Wildman–Crippen MR) is 80.9 cm³/mol. The van der Waals surface area contributed by atoms with Crippen LogP contribution in [0.3, 0.4) is 0 Å². The van der Waals surface area contributed by atoms with Crippen LogP contribution in [0.4, 0.5) is 17.1 Å². The summed E-state index contributed by atoms with van der Waals surface area (Å²) < 4.78 is 5.26. The first-order valence-corrected chi connectivity index (χ1v) is 6.92. The van der Waals surface area contributed by atoms with Crippen LogP contribution < -0.4 is 10.2 Å². The van der Waals surface area contributed by atoms with Crippen molar-refractivity contribution in [2.24, 2.45) is 0 Å². The van der Waals surface area contributed by atoms with E-state index in [9.17, 15) is 15.2 Å². The van der Waals surface area contributed by atoms with Crippen molar-refractivity contribution in [3.8, 4) is 0 Å². The van der Waals surface area contributed by atoms with E-state index in [1.807, 2.05) is 18.0 Å². The summed E-state index contributed by atoms with van der Waals surface area (Å²) in [5, 5.41) is 24.4. The molecule has 21 heavy (non-hydrogen) atoms. The highest BCUT2D eigenvalue weighted by atomic mass is 16.6. The van der Waals surface area contributed by atoms with Crippen LogP contribution in [0, 0.1) is 10.1 Å². The maximum Gasteiger partial charge on any atom is 0.273 e. The van der Waals surface area contributed by atoms with Crippen LogP contribution in [0.15, 0.2) is 18.2 Å². The van der Waals surface area contributed by atoms with E-state index in [1.54, 1.807) is 7.05 Å². The summed E-state index contributed by atoms with van der Waals surface area (Å²) in [7, 11) is 3.54. The number of benzene rings is 1. The summed E-state index contributed by atoms with van der Waals surface area (Å²) in [5.41, 5.74) is 0.596. The maximum absolute atomic E-state index is 11.0. The summed E-state index contributed by atoms with van der Waals surface area (Å²) in [4.78, 5) is 12.4. The van der Waals surface area contributed by atoms with Gasteiger partial charge in [-0.1, -0.05) is 0 Å². The number of hydrogen-bond acceptors (Lipinski definition) is 6. The van der Waals surface area contributed by atoms with E-state index in [-0.39, 0.29) is 5.69 Å². The number of nitrogens with zero attached hydrogens (tertiary/aromatic N) is 2. The Balaban J connectivity index is 2.19. The minimum atomic E-state index is -0.808. The molecule has 7 nitrogen and oxygen atoms in total. The van der Waals surface area contributed by atoms with Gasteiger partial charge in [0.2, 0.25) is 0 Å². The first kappa shape index (κ1) is 15.5. The molecule has 1 aromatic rings. The van der Waals surface area contributed by atoms with Gasteiger partial charge in [0.25, 0.3) is 5.69 Å². The number of likely N-dealkylation sites (N-methyl/N-ethyl adjacent to an activating group) is 1. The molecule has 0 bridgehead atoms. The standard InChI is InChI=1S/C14H21N3O4/c1-15-11-7-12(9-13(8-11)17(19)20)16(2)10-14(18)3-5-21-6-4-14/h7-9,15,18H,3-6,10H2,1-2H3. The second-order valence-electron chi connectivity index (χ2n) is 5.44. The number of hydrogen-bond donors (Lipinski definition) is 2. The Morgan fingerprint density at radius 1 is 1.43 bits per heavy atom. The van der Waals surface area contributed by atoms with Gasteiger partial charge in [0.15, 0.2) is 0 Å². The molecule has 1 aliphatic heterocycles. The smallest absolute Gasteiger partial charge is 0.273 e. The third-order valence-electron chi connectivity index (χ3n) is 3.80. The van der Waals surface area contributed by atoms with Crippen LogP contribution in [0.5, 0.6) is 0 Å². The number of rotatable bonds is 5. The highest BCUT2D eigenvalue weighted by Crippen LogP contribution is 2.29. The fourth-order valence-corrected chi connectivity index (χ4v) is 2.51. The second kappa shape index (κ2) is 6.28. The van der Waals surface area contributed by atoms with Crippen molar-refractivity contribution in [1.82, 2.24) is 0 Å². The minimum absolute atomic E-state index is 0.0302. The van der Waals surface area contributed by atoms with E-state index in [0.29, 0.717) is 44.0 Å². The van der Waals surface area contributed by atoms with Gasteiger partial charge in [0.05, 0.1) is 10.5 Å². The Labute approximate surface area is 123 Å². The molecule has 0 aromatic heterocycles. The summed E-state index contributed by atoms with van der Waals surface area (Å²) in [5.74, 6) is 0. The van der Waals surface area contributed by atoms with E-state index in [1.165, 1.54) is 12.1 Å². The van der Waals surface area contributed by atoms with Crippen LogP contribution in [0.25, 0.3) is 0 Å². The molecule has 2 N–H and O–H groups in total. The Morgan fingerprint density at radius 3 is 2.67 bits per heavy atom. The molecule has 7 heteroatoms. The molecule has 116 valence electrons. The lowest BCUT2D eigenvalue weighted by Crippen LogP contribution is -2.45. The van der Waals surface area contributed by atoms with Crippen LogP contribution >= 0.6 is 0 Å². The van der Waals surface area contributed by atoms with Gasteiger partial charge in [-0.15, -0.1) is 0 Å². The number of nitrogens with one attached hydrogen (secondary N) is 1. The lowest BCUT2D eigenvalue weighted by molar-refractivity contribution is -0.384. The van der Waals surface area contributed by atoms with Gasteiger partial charge in [-0.3, -0.25) is 10.1 Å². The first-order chi connectivity index (χ1) is 9.93. The van der Waals surface area contributed by atoms with E-state index in [4.69, 9.17) is 4.74 Å². The van der Waals surface area contributed by atoms with Crippen LogP contribution in [0.2, 0.25) is 0 Å². The Bertz CT molecular complexity index is 515. The first-order valence-electron chi connectivity index (χ1n) is 6.92. The number of nitro groups is 1. The molecule has 0 radical (unpaired) electrons. The molecule has 0 unspecified atom stereocenters. The lowest BCUT2D eigenvalue weighted by atomic mass is 9.93. The molecule has 1 fully saturated rings. The monoisotopic (exact) mass is 295 g/mol. The molecule has 0 spiro atoms. The fourth-order valence-electron chi connectivity index (χ4n) is 2.51. The quantitative estimate of drug-likeness (QED) is 0.634. The summed E-state index contributed by atoms with van der Waals surface area (Å²) >= 11 is 0. The topological polar surface area (TPSA) is 87.9 Å². The molecule has 2 rings (SSSR count). The normalized spacial score (nSPS) is 17.3. The molecule has 1 saturated heterocycles. The SMILES string of the molecule is CNc1cc(N(C)CC2(O)CCOCC2)cc([N+](=O)[O-])c1. The fraction of sp³-hybridized carbons (Fsp3) is 0.571. The molecule has 1 aliphatic rings. The summed E-state index contributed by atoms with van der Waals surface area (Å²) in [6.45, 7) is 1.50. The zero-order valence-electron chi connectivity index (χ0n) is 12.3. The van der Waals surface area contributed by atoms with E-state index in [2.05, 4.69) is 5.32 Å². The number of anilines is 2. The highest BCUT2D eigenvalue weighted by molar-refractivity contribution is 5.64. The van der Waals surface area contributed by atoms with Crippen molar-refractivity contribution < 1.29 is 14.8 Å². The van der Waals surface area contributed by atoms with E-state index >= 15 is 0 Å². The van der Waals surface area contributed by atoms with Gasteiger partial charge < -0.3 is 20.1 Å². The van der Waals surface area contributed by atoms with Crippen LogP contribution in [-0.4, -0.2) is 49.5 Å². The number of aliphatic hydroxyl groups is 1. The van der Waals surface area contributed by atoms with Crippen molar-refractivity contribution in [3.63, 3.8) is 0 Å². The largest absolute Gasteiger partial charge is 0.388 e. The molecule has 1 heterocycles. The van der Waals surface area contributed by atoms with Crippen LogP contribution in [-0.2, 0) is 4.74 Å². The molecular weight excluding hydrogens is 274 g/mol. The third-order valence-corrected chi connectivity index (χ3v) is 3.80. The van der Waals surface area contributed by atoms with Crippen molar-refractivity contribution in [2.45, 2.75) is 18.4 Å². The van der Waals surface area contributed by atoms with E-state index < -0.39 is 10.5 Å². The van der Waals surface area contributed by atoms with Crippen molar-refractivity contribution >= 4 is 17.1 Å². The predicted octanol–water partition coefficient (Wildman–Crippen LogP) is 1.61. The zero-order valence-corrected chi connectivity index (χ0v) is 12.3. The molecule has 1 aromatic carbocycles. The maximum atomic E-state index is 11.0. The van der Waals surface area contributed by atoms with Crippen molar-refractivity contribution in [2.75, 3.05) is 44.1 Å². The highest BCUT2D eigenvalue weighted by Gasteiger charge is 2.31. The van der Waals surface area contributed by atoms with Gasteiger partial charge in [0, 0.05) is 70.2 Å². The lowest BCUT2D eigenvalue weighted by Gasteiger charge is -2.36. The van der Waals surface area contributed by atoms with Gasteiger partial charge in [0.1, 0.15) is 0 Å². The van der Waals surface area contributed by atoms with E-state index in [0.717, 1.165) is 0 Å². The average molecular weight is 295 g/mol. The zero-order chi connectivity index (χ0) is 15.5. The van der Waals surface area contributed by atoms with Gasteiger partial charge in [-0.25, -0.2) is 0 Å². The number of non-ortho nitro benzene ring substituents is 1. The van der Waals surface area contributed by atoms with Gasteiger partial charge in [-0.2, -0.15) is 0 Å². The third kappa shape index (κ3) is 3.83. The van der Waals surface area contributed by atoms with Gasteiger partial charge in [-0.05, 0) is 6.07 Å². The summed E-state index contributed by atoms with van der Waals surface area (Å²) in [6, 6.07) is 4.83. The van der Waals surface area contributed by atoms with Gasteiger partial charge >= 0.3 is 0 Å². The molecule has 0 aliphatic carbocycles. The molecule has 0 atom stereocenters. The minimum Gasteiger partial charge on any atom is -0.388 e. The number of ether oxygens (including phenoxy) is 1. The van der Waals surface area contributed by atoms with Crippen molar-refractivity contribution in [1.29, 1.82) is 0 Å². The average Bonchev–Trinajstić information content (AvgIpc) is 2.46. The van der Waals surface area contributed by atoms with Crippen molar-refractivity contribution in [3.05, 3.63) is 28.3 Å².